The van der Waals surface area contributed by atoms with Crippen LogP contribution in [0.2, 0.25) is 0 Å². The number of alkyl halides is 3. The first-order chi connectivity index (χ1) is 11.3. The highest BCUT2D eigenvalue weighted by Crippen LogP contribution is 2.40. The van der Waals surface area contributed by atoms with E-state index in [0.29, 0.717) is 32.6 Å². The molecular weight excluding hydrogens is 321 g/mol. The van der Waals surface area contributed by atoms with Gasteiger partial charge >= 0.3 is 6.18 Å². The summed E-state index contributed by atoms with van der Waals surface area (Å²) < 4.78 is 37.5. The number of carbonyl (C=O) groups excluding carboxylic acids is 1. The molecule has 3 rings (SSSR count). The summed E-state index contributed by atoms with van der Waals surface area (Å²) in [5.41, 5.74) is -0.457. The van der Waals surface area contributed by atoms with Gasteiger partial charge in [-0.2, -0.15) is 13.2 Å². The number of aliphatic hydroxyl groups excluding tert-OH is 1. The zero-order valence-corrected chi connectivity index (χ0v) is 14.0. The summed E-state index contributed by atoms with van der Waals surface area (Å²) in [7, 11) is 0. The average molecular weight is 348 g/mol. The van der Waals surface area contributed by atoms with E-state index < -0.39 is 24.1 Å². The van der Waals surface area contributed by atoms with Crippen LogP contribution >= 0.6 is 0 Å². The lowest BCUT2D eigenvalue weighted by Crippen LogP contribution is -2.60. The number of aliphatic hydroxyl groups is 1. The lowest BCUT2D eigenvalue weighted by atomic mass is 9.71. The Morgan fingerprint density at radius 3 is 2.50 bits per heavy atom. The summed E-state index contributed by atoms with van der Waals surface area (Å²) in [6.45, 7) is 2.14. The molecular formula is C17H27F3N2O2. The molecule has 138 valence electrons. The molecule has 1 saturated carbocycles. The second-order valence-corrected chi connectivity index (χ2v) is 7.80. The van der Waals surface area contributed by atoms with E-state index in [1.807, 2.05) is 9.80 Å². The van der Waals surface area contributed by atoms with Crippen molar-refractivity contribution < 1.29 is 23.1 Å². The first kappa shape index (κ1) is 18.0. The first-order valence-electron chi connectivity index (χ1n) is 9.05. The zero-order valence-electron chi connectivity index (χ0n) is 14.0. The maximum absolute atomic E-state index is 12.5. The van der Waals surface area contributed by atoms with E-state index in [0.717, 1.165) is 32.1 Å². The summed E-state index contributed by atoms with van der Waals surface area (Å²) in [5.74, 6) is 0.308. The van der Waals surface area contributed by atoms with Crippen molar-refractivity contribution >= 4 is 5.91 Å². The number of rotatable bonds is 3. The fraction of sp³-hybridized carbons (Fsp3) is 0.941. The molecule has 7 heteroatoms. The van der Waals surface area contributed by atoms with E-state index in [1.165, 1.54) is 0 Å². The van der Waals surface area contributed by atoms with Crippen LogP contribution in [0.15, 0.2) is 0 Å². The van der Waals surface area contributed by atoms with Gasteiger partial charge in [-0.25, -0.2) is 0 Å². The van der Waals surface area contributed by atoms with Gasteiger partial charge in [0.25, 0.3) is 0 Å². The second-order valence-electron chi connectivity index (χ2n) is 7.80. The maximum Gasteiger partial charge on any atom is 0.390 e. The van der Waals surface area contributed by atoms with E-state index in [4.69, 9.17) is 0 Å². The zero-order chi connectivity index (χ0) is 17.4. The van der Waals surface area contributed by atoms with Gasteiger partial charge in [0.05, 0.1) is 12.5 Å². The first-order valence-corrected chi connectivity index (χ1v) is 9.05. The largest absolute Gasteiger partial charge is 0.392 e. The van der Waals surface area contributed by atoms with Crippen molar-refractivity contribution in [3.8, 4) is 0 Å². The quantitative estimate of drug-likeness (QED) is 0.852. The maximum atomic E-state index is 12.5. The molecule has 2 atom stereocenters. The molecule has 0 unspecified atom stereocenters. The molecule has 1 amide bonds. The van der Waals surface area contributed by atoms with Crippen LogP contribution in [0.3, 0.4) is 0 Å². The van der Waals surface area contributed by atoms with Gasteiger partial charge in [-0.1, -0.05) is 6.42 Å². The van der Waals surface area contributed by atoms with Crippen LogP contribution in [0, 0.1) is 11.3 Å². The third kappa shape index (κ3) is 3.87. The minimum atomic E-state index is -4.15. The lowest BCUT2D eigenvalue weighted by molar-refractivity contribution is -0.152. The van der Waals surface area contributed by atoms with Gasteiger partial charge in [0.15, 0.2) is 0 Å². The Hall–Kier alpha value is -0.820. The minimum Gasteiger partial charge on any atom is -0.392 e. The fourth-order valence-corrected chi connectivity index (χ4v) is 4.38. The Bertz CT molecular complexity index is 467. The molecule has 0 bridgehead atoms. The fourth-order valence-electron chi connectivity index (χ4n) is 4.38. The van der Waals surface area contributed by atoms with Gasteiger partial charge in [-0.3, -0.25) is 4.79 Å². The molecule has 1 aliphatic carbocycles. The Kier molecular flexibility index (Phi) is 5.12. The van der Waals surface area contributed by atoms with Crippen LogP contribution in [0.1, 0.15) is 44.9 Å². The number of hydrogen-bond acceptors (Lipinski definition) is 3. The standard InChI is InChI=1S/C17H27F3N2O2/c18-17(19,20)7-10-21-9-5-14(23)16(11-21)6-2-8-22(12-16)15(24)13-3-1-4-13/h13-14,23H,1-12H2/t14-,16-/m1/s1. The second kappa shape index (κ2) is 6.83. The molecule has 0 radical (unpaired) electrons. The molecule has 0 aromatic rings. The van der Waals surface area contributed by atoms with Gasteiger partial charge in [-0.15, -0.1) is 0 Å². The molecule has 0 aromatic heterocycles. The van der Waals surface area contributed by atoms with Gasteiger partial charge < -0.3 is 14.9 Å². The van der Waals surface area contributed by atoms with Crippen molar-refractivity contribution in [1.82, 2.24) is 9.80 Å². The summed E-state index contributed by atoms with van der Waals surface area (Å²) in [4.78, 5) is 16.2. The molecule has 1 N–H and O–H groups in total. The highest BCUT2D eigenvalue weighted by Gasteiger charge is 2.47. The van der Waals surface area contributed by atoms with Gasteiger partial charge in [0, 0.05) is 44.1 Å². The van der Waals surface area contributed by atoms with E-state index in [2.05, 4.69) is 0 Å². The monoisotopic (exact) mass is 348 g/mol. The highest BCUT2D eigenvalue weighted by molar-refractivity contribution is 5.79. The molecule has 3 fully saturated rings. The van der Waals surface area contributed by atoms with E-state index in [-0.39, 0.29) is 18.4 Å². The molecule has 3 aliphatic rings. The van der Waals surface area contributed by atoms with Crippen molar-refractivity contribution in [3.63, 3.8) is 0 Å². The molecule has 0 aromatic carbocycles. The third-order valence-electron chi connectivity index (χ3n) is 6.05. The molecule has 24 heavy (non-hydrogen) atoms. The van der Waals surface area contributed by atoms with Gasteiger partial charge in [0.2, 0.25) is 5.91 Å². The summed E-state index contributed by atoms with van der Waals surface area (Å²) in [5, 5.41) is 10.6. The van der Waals surface area contributed by atoms with E-state index in [9.17, 15) is 23.1 Å². The SMILES string of the molecule is O=C(C1CCC1)N1CCC[C@@]2(CN(CCC(F)(F)F)CC[C@H]2O)C1. The van der Waals surface area contributed by atoms with Crippen molar-refractivity contribution in [3.05, 3.63) is 0 Å². The van der Waals surface area contributed by atoms with Crippen molar-refractivity contribution in [2.75, 3.05) is 32.7 Å². The van der Waals surface area contributed by atoms with Crippen LogP contribution in [0.4, 0.5) is 13.2 Å². The summed E-state index contributed by atoms with van der Waals surface area (Å²) in [6.07, 6.45) is -0.408. The summed E-state index contributed by atoms with van der Waals surface area (Å²) in [6, 6.07) is 0. The molecule has 1 spiro atoms. The predicted molar refractivity (Wildman–Crippen MR) is 83.3 cm³/mol. The van der Waals surface area contributed by atoms with E-state index >= 15 is 0 Å². The third-order valence-corrected chi connectivity index (χ3v) is 6.05. The summed E-state index contributed by atoms with van der Waals surface area (Å²) >= 11 is 0. The number of hydrogen-bond donors (Lipinski definition) is 1. The van der Waals surface area contributed by atoms with Gasteiger partial charge in [0.1, 0.15) is 0 Å². The smallest absolute Gasteiger partial charge is 0.390 e. The van der Waals surface area contributed by atoms with Crippen LogP contribution in [0.5, 0.6) is 0 Å². The van der Waals surface area contributed by atoms with E-state index in [1.54, 1.807) is 0 Å². The van der Waals surface area contributed by atoms with Crippen molar-refractivity contribution in [2.24, 2.45) is 11.3 Å². The Labute approximate surface area is 141 Å². The Morgan fingerprint density at radius 2 is 1.88 bits per heavy atom. The number of halogens is 3. The molecule has 2 heterocycles. The minimum absolute atomic E-state index is 0.0193. The number of amides is 1. The average Bonchev–Trinajstić information content (AvgIpc) is 2.46. The Balaban J connectivity index is 1.63. The van der Waals surface area contributed by atoms with Crippen LogP contribution in [-0.2, 0) is 4.79 Å². The molecule has 2 saturated heterocycles. The predicted octanol–water partition coefficient (Wildman–Crippen LogP) is 2.41. The van der Waals surface area contributed by atoms with Gasteiger partial charge in [-0.05, 0) is 32.1 Å². The molecule has 4 nitrogen and oxygen atoms in total. The van der Waals surface area contributed by atoms with Crippen molar-refractivity contribution in [2.45, 2.75) is 57.2 Å². The normalized spacial score (nSPS) is 32.8. The number of likely N-dealkylation sites (tertiary alicyclic amines) is 2. The number of carbonyl (C=O) groups is 1. The molecule has 2 aliphatic heterocycles. The Morgan fingerprint density at radius 1 is 1.12 bits per heavy atom. The van der Waals surface area contributed by atoms with Crippen LogP contribution < -0.4 is 0 Å². The van der Waals surface area contributed by atoms with Crippen molar-refractivity contribution in [1.29, 1.82) is 0 Å². The topological polar surface area (TPSA) is 43.8 Å². The number of piperidine rings is 2. The van der Waals surface area contributed by atoms with Crippen LogP contribution in [0.25, 0.3) is 0 Å². The van der Waals surface area contributed by atoms with Crippen LogP contribution in [-0.4, -0.2) is 65.8 Å². The lowest BCUT2D eigenvalue weighted by Gasteiger charge is -2.51. The number of nitrogens with zero attached hydrogens (tertiary/aromatic N) is 2. The highest BCUT2D eigenvalue weighted by atomic mass is 19.4.